The van der Waals surface area contributed by atoms with Crippen LogP contribution in [0.5, 0.6) is 0 Å². The number of rotatable bonds is 5. The van der Waals surface area contributed by atoms with Crippen molar-refractivity contribution in [2.24, 2.45) is 0 Å². The second-order valence-electron chi connectivity index (χ2n) is 7.54. The van der Waals surface area contributed by atoms with Gasteiger partial charge in [0.25, 0.3) is 0 Å². The van der Waals surface area contributed by atoms with E-state index in [-0.39, 0.29) is 18.7 Å². The molecular formula is C19H26NO4+. The topological polar surface area (TPSA) is 59.1 Å². The van der Waals surface area contributed by atoms with Crippen molar-refractivity contribution in [2.45, 2.75) is 56.1 Å². The summed E-state index contributed by atoms with van der Waals surface area (Å²) < 4.78 is 12.7. The molecule has 7 atom stereocenters. The molecule has 0 radical (unpaired) electrons. The Morgan fingerprint density at radius 2 is 1.92 bits per heavy atom. The van der Waals surface area contributed by atoms with Gasteiger partial charge in [0.05, 0.1) is 20.2 Å². The fourth-order valence-electron chi connectivity index (χ4n) is 4.87. The van der Waals surface area contributed by atoms with Crippen molar-refractivity contribution in [1.29, 1.82) is 0 Å². The molecular weight excluding hydrogens is 306 g/mol. The van der Waals surface area contributed by atoms with Crippen LogP contribution >= 0.6 is 0 Å². The Labute approximate surface area is 142 Å². The lowest BCUT2D eigenvalue weighted by Crippen LogP contribution is -2.62. The molecule has 0 saturated carbocycles. The van der Waals surface area contributed by atoms with Gasteiger partial charge in [-0.2, -0.15) is 0 Å². The van der Waals surface area contributed by atoms with Gasteiger partial charge in [-0.15, -0.1) is 0 Å². The number of nitrogens with zero attached hydrogens (tertiary/aromatic N) is 1. The third kappa shape index (κ3) is 2.38. The van der Waals surface area contributed by atoms with Gasteiger partial charge in [-0.1, -0.05) is 30.3 Å². The number of epoxide rings is 1. The summed E-state index contributed by atoms with van der Waals surface area (Å²) in [5.41, 5.74) is 0.809. The van der Waals surface area contributed by atoms with Gasteiger partial charge < -0.3 is 19.1 Å². The maximum atomic E-state index is 12.6. The van der Waals surface area contributed by atoms with Gasteiger partial charge in [0, 0.05) is 12.8 Å². The minimum absolute atomic E-state index is 0.0561. The lowest BCUT2D eigenvalue weighted by Gasteiger charge is -2.47. The highest BCUT2D eigenvalue weighted by Gasteiger charge is 2.71. The van der Waals surface area contributed by atoms with E-state index < -0.39 is 5.92 Å². The highest BCUT2D eigenvalue weighted by molar-refractivity contribution is 5.78. The van der Waals surface area contributed by atoms with Crippen molar-refractivity contribution >= 4 is 5.97 Å². The van der Waals surface area contributed by atoms with Crippen molar-refractivity contribution in [2.75, 3.05) is 20.2 Å². The number of fused-ring (bicyclic) bond motifs is 5. The quantitative estimate of drug-likeness (QED) is 0.504. The number of hydrogen-bond acceptors (Lipinski definition) is 4. The SMILES string of the molecule is CC[N+]1(C)C2CC(OC(=O)[C@H](CO)c3ccccc3)CC1[C@H]1OC21. The molecule has 3 heterocycles. The Bertz CT molecular complexity index is 601. The zero-order chi connectivity index (χ0) is 16.9. The van der Waals surface area contributed by atoms with Gasteiger partial charge >= 0.3 is 5.97 Å². The molecule has 2 bridgehead atoms. The first-order valence-corrected chi connectivity index (χ1v) is 8.95. The standard InChI is InChI=1S/C19H26NO4/c1-3-20(2)15-9-13(10-16(20)18-17(15)24-18)23-19(22)14(11-21)12-7-5-4-6-8-12/h4-8,13-18,21H,3,9-11H2,1-2H3/q+1/t13?,14-,15?,16?,17-,18?,20?/m1/s1. The minimum atomic E-state index is -0.594. The van der Waals surface area contributed by atoms with E-state index in [9.17, 15) is 9.90 Å². The van der Waals surface area contributed by atoms with E-state index in [0.29, 0.717) is 24.3 Å². The third-order valence-electron chi connectivity index (χ3n) is 6.48. The zero-order valence-corrected chi connectivity index (χ0v) is 14.3. The molecule has 0 aromatic heterocycles. The molecule has 3 saturated heterocycles. The number of hydrogen-bond donors (Lipinski definition) is 1. The molecule has 3 aliphatic heterocycles. The number of aliphatic hydroxyl groups excluding tert-OH is 1. The Hall–Kier alpha value is -1.43. The molecule has 5 unspecified atom stereocenters. The molecule has 1 aromatic carbocycles. The van der Waals surface area contributed by atoms with Gasteiger partial charge in [0.1, 0.15) is 36.3 Å². The number of benzene rings is 1. The van der Waals surface area contributed by atoms with Crippen LogP contribution in [-0.2, 0) is 14.3 Å². The van der Waals surface area contributed by atoms with E-state index in [1.165, 1.54) is 0 Å². The number of esters is 1. The predicted molar refractivity (Wildman–Crippen MR) is 88.3 cm³/mol. The van der Waals surface area contributed by atoms with Crippen LogP contribution in [0.1, 0.15) is 31.2 Å². The normalized spacial score (nSPS) is 40.7. The summed E-state index contributed by atoms with van der Waals surface area (Å²) in [7, 11) is 2.31. The number of ether oxygens (including phenoxy) is 2. The van der Waals surface area contributed by atoms with E-state index in [4.69, 9.17) is 9.47 Å². The predicted octanol–water partition coefficient (Wildman–Crippen LogP) is 1.45. The highest BCUT2D eigenvalue weighted by Crippen LogP contribution is 2.52. The first kappa shape index (κ1) is 16.1. The number of likely N-dealkylation sites (N-methyl/N-ethyl adjacent to an activating group) is 1. The fraction of sp³-hybridized carbons (Fsp3) is 0.632. The molecule has 0 spiro atoms. The summed E-state index contributed by atoms with van der Waals surface area (Å²) >= 11 is 0. The molecule has 130 valence electrons. The zero-order valence-electron chi connectivity index (χ0n) is 14.3. The number of piperidine rings is 1. The van der Waals surface area contributed by atoms with Crippen LogP contribution in [-0.4, -0.2) is 66.2 Å². The Balaban J connectivity index is 1.44. The van der Waals surface area contributed by atoms with Gasteiger partial charge in [0.15, 0.2) is 0 Å². The number of quaternary nitrogens is 1. The van der Waals surface area contributed by atoms with Crippen LogP contribution in [0.3, 0.4) is 0 Å². The van der Waals surface area contributed by atoms with Crippen molar-refractivity contribution in [3.8, 4) is 0 Å². The molecule has 5 heteroatoms. The second-order valence-corrected chi connectivity index (χ2v) is 7.54. The summed E-state index contributed by atoms with van der Waals surface area (Å²) in [6, 6.07) is 10.2. The van der Waals surface area contributed by atoms with Gasteiger partial charge in [-0.25, -0.2) is 0 Å². The summed E-state index contributed by atoms with van der Waals surface area (Å²) in [6.07, 6.45) is 2.37. The smallest absolute Gasteiger partial charge is 0.316 e. The molecule has 3 fully saturated rings. The lowest BCUT2D eigenvalue weighted by atomic mass is 9.95. The Morgan fingerprint density at radius 1 is 1.29 bits per heavy atom. The number of aliphatic hydroxyl groups is 1. The van der Waals surface area contributed by atoms with Crippen LogP contribution < -0.4 is 0 Å². The van der Waals surface area contributed by atoms with E-state index in [1.807, 2.05) is 30.3 Å². The summed E-state index contributed by atoms with van der Waals surface area (Å²) in [4.78, 5) is 12.6. The second kappa shape index (κ2) is 5.83. The molecule has 1 N–H and O–H groups in total. The van der Waals surface area contributed by atoms with Gasteiger partial charge in [0.2, 0.25) is 0 Å². The largest absolute Gasteiger partial charge is 0.461 e. The average molecular weight is 332 g/mol. The highest BCUT2D eigenvalue weighted by atomic mass is 16.6. The summed E-state index contributed by atoms with van der Waals surface area (Å²) in [5, 5.41) is 9.64. The van der Waals surface area contributed by atoms with Crippen molar-refractivity contribution < 1.29 is 23.9 Å². The fourth-order valence-corrected chi connectivity index (χ4v) is 4.87. The molecule has 0 amide bonds. The number of carbonyl (C=O) groups is 1. The van der Waals surface area contributed by atoms with Crippen molar-refractivity contribution in [3.05, 3.63) is 35.9 Å². The van der Waals surface area contributed by atoms with E-state index in [0.717, 1.165) is 29.4 Å². The number of carbonyl (C=O) groups excluding carboxylic acids is 1. The molecule has 4 rings (SSSR count). The van der Waals surface area contributed by atoms with Crippen LogP contribution in [0.4, 0.5) is 0 Å². The van der Waals surface area contributed by atoms with Crippen molar-refractivity contribution in [1.82, 2.24) is 0 Å². The summed E-state index contributed by atoms with van der Waals surface area (Å²) in [6.45, 7) is 3.10. The van der Waals surface area contributed by atoms with Crippen molar-refractivity contribution in [3.63, 3.8) is 0 Å². The van der Waals surface area contributed by atoms with Crippen LogP contribution in [0, 0.1) is 0 Å². The number of morpholine rings is 1. The van der Waals surface area contributed by atoms with Crippen LogP contribution in [0.2, 0.25) is 0 Å². The Kier molecular flexibility index (Phi) is 3.90. The maximum Gasteiger partial charge on any atom is 0.316 e. The molecule has 1 aromatic rings. The minimum Gasteiger partial charge on any atom is -0.461 e. The van der Waals surface area contributed by atoms with E-state index in [2.05, 4.69) is 14.0 Å². The van der Waals surface area contributed by atoms with Crippen LogP contribution in [0.15, 0.2) is 30.3 Å². The molecule has 0 aliphatic carbocycles. The first-order chi connectivity index (χ1) is 11.6. The van der Waals surface area contributed by atoms with E-state index in [1.54, 1.807) is 0 Å². The molecule has 5 nitrogen and oxygen atoms in total. The van der Waals surface area contributed by atoms with E-state index >= 15 is 0 Å². The van der Waals surface area contributed by atoms with Gasteiger partial charge in [-0.3, -0.25) is 4.79 Å². The monoisotopic (exact) mass is 332 g/mol. The third-order valence-corrected chi connectivity index (χ3v) is 6.48. The first-order valence-electron chi connectivity index (χ1n) is 8.95. The summed E-state index contributed by atoms with van der Waals surface area (Å²) in [5.74, 6) is -0.904. The van der Waals surface area contributed by atoms with Crippen LogP contribution in [0.25, 0.3) is 0 Å². The maximum absolute atomic E-state index is 12.6. The Morgan fingerprint density at radius 3 is 2.46 bits per heavy atom. The molecule has 3 aliphatic rings. The molecule has 24 heavy (non-hydrogen) atoms. The lowest BCUT2D eigenvalue weighted by molar-refractivity contribution is -0.954. The van der Waals surface area contributed by atoms with Gasteiger partial charge in [-0.05, 0) is 12.5 Å². The average Bonchev–Trinajstić information content (AvgIpc) is 3.35.